The van der Waals surface area contributed by atoms with E-state index in [1.165, 1.54) is 66.7 Å². The first-order valence-electron chi connectivity index (χ1n) is 16.1. The Balaban J connectivity index is 1.41. The number of carbonyl (C=O) groups excluding carboxylic acids is 4. The van der Waals surface area contributed by atoms with E-state index in [-0.39, 0.29) is 22.3 Å². The van der Waals surface area contributed by atoms with Crippen molar-refractivity contribution in [2.24, 2.45) is 5.92 Å². The third kappa shape index (κ3) is 8.16. The fourth-order valence-electron chi connectivity index (χ4n) is 6.11. The van der Waals surface area contributed by atoms with Crippen molar-refractivity contribution in [1.82, 2.24) is 0 Å². The van der Waals surface area contributed by atoms with Gasteiger partial charge in [-0.25, -0.2) is 14.4 Å². The summed E-state index contributed by atoms with van der Waals surface area (Å²) in [5.41, 5.74) is 0.255. The normalized spacial score (nSPS) is 20.3. The monoisotopic (exact) mass is 696 g/mol. The van der Waals surface area contributed by atoms with Crippen LogP contribution in [-0.4, -0.2) is 60.9 Å². The van der Waals surface area contributed by atoms with Crippen molar-refractivity contribution in [3.05, 3.63) is 156 Å². The number of halogens is 3. The Kier molecular flexibility index (Phi) is 10.6. The fraction of sp³-hybridized carbons (Fsp3) is 0.200. The Morgan fingerprint density at radius 2 is 1.06 bits per heavy atom. The molecular weight excluding hydrogens is 665 g/mol. The lowest BCUT2D eigenvalue weighted by Gasteiger charge is -2.45. The number of hydrogen-bond donors (Lipinski definition) is 0. The number of hydrogen-bond acceptors (Lipinski definition) is 8. The van der Waals surface area contributed by atoms with E-state index in [1.54, 1.807) is 66.7 Å². The van der Waals surface area contributed by atoms with E-state index in [9.17, 15) is 19.2 Å². The molecule has 1 aliphatic heterocycles. The Morgan fingerprint density at radius 1 is 0.569 bits per heavy atom. The van der Waals surface area contributed by atoms with Gasteiger partial charge in [0.05, 0.1) is 22.8 Å². The zero-order chi connectivity index (χ0) is 36.0. The lowest BCUT2D eigenvalue weighted by atomic mass is 9.82. The molecule has 5 unspecified atom stereocenters. The van der Waals surface area contributed by atoms with Gasteiger partial charge >= 0.3 is 24.1 Å². The first-order valence-corrected chi connectivity index (χ1v) is 16.1. The van der Waals surface area contributed by atoms with Crippen molar-refractivity contribution in [2.75, 3.05) is 6.61 Å². The van der Waals surface area contributed by atoms with E-state index in [0.717, 1.165) is 0 Å². The summed E-state index contributed by atoms with van der Waals surface area (Å²) in [6.45, 7) is -0.705. The smallest absolute Gasteiger partial charge is 0.398 e. The molecule has 5 aromatic carbocycles. The SMILES string of the molecule is O=C(OCC1OC(CC(=O)c2cccc3ccccc23)C(C(F)(F)F)C(OC(=O)c2ccccc2)C1OC(=O)c1ccccc1)c1ccccc1. The third-order valence-electron chi connectivity index (χ3n) is 8.54. The molecule has 6 rings (SSSR count). The second kappa shape index (κ2) is 15.4. The zero-order valence-corrected chi connectivity index (χ0v) is 26.9. The van der Waals surface area contributed by atoms with Crippen LogP contribution in [-0.2, 0) is 18.9 Å². The minimum absolute atomic E-state index is 0.00230. The molecular formula is C40H31F3O8. The summed E-state index contributed by atoms with van der Waals surface area (Å²) >= 11 is 0. The Labute approximate surface area is 290 Å². The number of ether oxygens (including phenoxy) is 4. The van der Waals surface area contributed by atoms with Gasteiger partial charge in [0, 0.05) is 12.0 Å². The molecule has 0 radical (unpaired) electrons. The molecule has 260 valence electrons. The van der Waals surface area contributed by atoms with Crippen LogP contribution in [0.5, 0.6) is 0 Å². The highest BCUT2D eigenvalue weighted by molar-refractivity contribution is 6.08. The lowest BCUT2D eigenvalue weighted by molar-refractivity contribution is -0.289. The quantitative estimate of drug-likeness (QED) is 0.0833. The number of esters is 3. The van der Waals surface area contributed by atoms with Gasteiger partial charge in [-0.15, -0.1) is 0 Å². The summed E-state index contributed by atoms with van der Waals surface area (Å²) in [6, 6.07) is 34.5. The number of rotatable bonds is 10. The molecule has 0 saturated carbocycles. The second-order valence-electron chi connectivity index (χ2n) is 11.9. The Morgan fingerprint density at radius 3 is 1.63 bits per heavy atom. The van der Waals surface area contributed by atoms with Crippen LogP contribution in [0.2, 0.25) is 0 Å². The Hall–Kier alpha value is -5.81. The van der Waals surface area contributed by atoms with Crippen LogP contribution in [0.15, 0.2) is 133 Å². The van der Waals surface area contributed by atoms with Crippen LogP contribution in [0.25, 0.3) is 10.8 Å². The molecule has 1 aliphatic rings. The van der Waals surface area contributed by atoms with Crippen LogP contribution < -0.4 is 0 Å². The number of ketones is 1. The standard InChI is InChI=1S/C40H31F3O8/c41-40(42,43)34-32(23-31(44)30-22-12-20-25-13-10-11-21-29(25)30)49-33(24-48-37(45)26-14-4-1-5-15-26)35(50-38(46)27-16-6-2-7-17-27)36(34)51-39(47)28-18-8-3-9-19-28/h1-22,32-36H,23-24H2. The molecule has 0 bridgehead atoms. The van der Waals surface area contributed by atoms with Crippen LogP contribution >= 0.6 is 0 Å². The minimum atomic E-state index is -5.13. The van der Waals surface area contributed by atoms with Gasteiger partial charge in [0.2, 0.25) is 0 Å². The molecule has 5 atom stereocenters. The van der Waals surface area contributed by atoms with Crippen molar-refractivity contribution in [3.63, 3.8) is 0 Å². The summed E-state index contributed by atoms with van der Waals surface area (Å²) in [4.78, 5) is 53.6. The molecule has 0 aliphatic carbocycles. The van der Waals surface area contributed by atoms with Gasteiger partial charge in [0.25, 0.3) is 0 Å². The highest BCUT2D eigenvalue weighted by atomic mass is 19.4. The molecule has 0 spiro atoms. The maximum Gasteiger partial charge on any atom is 0.398 e. The number of benzene rings is 5. The molecule has 8 nitrogen and oxygen atoms in total. The van der Waals surface area contributed by atoms with Gasteiger partial charge in [-0.2, -0.15) is 13.2 Å². The van der Waals surface area contributed by atoms with Crippen molar-refractivity contribution in [2.45, 2.75) is 37.0 Å². The molecule has 11 heteroatoms. The van der Waals surface area contributed by atoms with E-state index in [0.29, 0.717) is 10.8 Å². The number of Topliss-reactive ketones (excluding diaryl/α,β-unsaturated/α-hetero) is 1. The predicted octanol–water partition coefficient (Wildman–Crippen LogP) is 7.67. The molecule has 1 fully saturated rings. The maximum atomic E-state index is 15.3. The van der Waals surface area contributed by atoms with Gasteiger partial charge in [-0.05, 0) is 47.2 Å². The molecule has 0 amide bonds. The first kappa shape index (κ1) is 35.0. The van der Waals surface area contributed by atoms with E-state index >= 15 is 13.2 Å². The summed E-state index contributed by atoms with van der Waals surface area (Å²) < 4.78 is 68.6. The second-order valence-corrected chi connectivity index (χ2v) is 11.9. The highest BCUT2D eigenvalue weighted by Gasteiger charge is 2.61. The van der Waals surface area contributed by atoms with Crippen molar-refractivity contribution in [3.8, 4) is 0 Å². The summed E-state index contributed by atoms with van der Waals surface area (Å²) in [5.74, 6) is -6.30. The summed E-state index contributed by atoms with van der Waals surface area (Å²) in [6.07, 6.45) is -13.6. The molecule has 1 saturated heterocycles. The van der Waals surface area contributed by atoms with E-state index in [1.807, 2.05) is 0 Å². The zero-order valence-electron chi connectivity index (χ0n) is 26.9. The number of fused-ring (bicyclic) bond motifs is 1. The molecule has 0 N–H and O–H groups in total. The van der Waals surface area contributed by atoms with Gasteiger partial charge < -0.3 is 18.9 Å². The fourth-order valence-corrected chi connectivity index (χ4v) is 6.11. The average molecular weight is 697 g/mol. The lowest BCUT2D eigenvalue weighted by Crippen LogP contribution is -2.62. The van der Waals surface area contributed by atoms with Crippen LogP contribution in [0.3, 0.4) is 0 Å². The van der Waals surface area contributed by atoms with Crippen LogP contribution in [0, 0.1) is 5.92 Å². The van der Waals surface area contributed by atoms with Gasteiger partial charge in [0.1, 0.15) is 18.6 Å². The summed E-state index contributed by atoms with van der Waals surface area (Å²) in [5, 5.41) is 1.23. The summed E-state index contributed by atoms with van der Waals surface area (Å²) in [7, 11) is 0. The largest absolute Gasteiger partial charge is 0.459 e. The van der Waals surface area contributed by atoms with E-state index in [4.69, 9.17) is 18.9 Å². The Bertz CT molecular complexity index is 2000. The van der Waals surface area contributed by atoms with Gasteiger partial charge in [-0.1, -0.05) is 97.1 Å². The molecule has 1 heterocycles. The number of alkyl halides is 3. The van der Waals surface area contributed by atoms with Gasteiger partial charge in [-0.3, -0.25) is 4.79 Å². The van der Waals surface area contributed by atoms with Crippen molar-refractivity contribution in [1.29, 1.82) is 0 Å². The maximum absolute atomic E-state index is 15.3. The van der Waals surface area contributed by atoms with E-state index < -0.39 is 73.2 Å². The average Bonchev–Trinajstić information content (AvgIpc) is 3.15. The molecule has 51 heavy (non-hydrogen) atoms. The molecule has 5 aromatic rings. The topological polar surface area (TPSA) is 105 Å². The highest BCUT2D eigenvalue weighted by Crippen LogP contribution is 2.43. The first-order chi connectivity index (χ1) is 24.6. The predicted molar refractivity (Wildman–Crippen MR) is 179 cm³/mol. The molecule has 0 aromatic heterocycles. The third-order valence-corrected chi connectivity index (χ3v) is 8.54. The van der Waals surface area contributed by atoms with Crippen molar-refractivity contribution >= 4 is 34.5 Å². The van der Waals surface area contributed by atoms with E-state index in [2.05, 4.69) is 0 Å². The minimum Gasteiger partial charge on any atom is -0.459 e. The van der Waals surface area contributed by atoms with Crippen LogP contribution in [0.1, 0.15) is 47.9 Å². The number of carbonyl (C=O) groups is 4. The van der Waals surface area contributed by atoms with Gasteiger partial charge in [0.15, 0.2) is 18.0 Å². The van der Waals surface area contributed by atoms with Crippen LogP contribution in [0.4, 0.5) is 13.2 Å². The van der Waals surface area contributed by atoms with Crippen molar-refractivity contribution < 1.29 is 51.3 Å².